The second kappa shape index (κ2) is 5.72. The smallest absolute Gasteiger partial charge is 0.217 e. The first-order valence-corrected chi connectivity index (χ1v) is 6.42. The van der Waals surface area contributed by atoms with Gasteiger partial charge < -0.3 is 10.3 Å². The van der Waals surface area contributed by atoms with Crippen LogP contribution in [0.3, 0.4) is 0 Å². The van der Waals surface area contributed by atoms with E-state index in [1.165, 1.54) is 0 Å². The molecule has 98 valence electrons. The first-order chi connectivity index (χ1) is 9.15. The van der Waals surface area contributed by atoms with E-state index >= 15 is 0 Å². The number of rotatable bonds is 5. The standard InChI is InChI=1S/C13H13ClN4O/c14-7-13-17-10-4-3-9(8-15)6-11(10)18(13)5-1-2-12(16)19/h3-4,6H,1-2,5,7H2,(H2,16,19). The number of aromatic nitrogens is 2. The summed E-state index contributed by atoms with van der Waals surface area (Å²) in [5.41, 5.74) is 7.36. The minimum atomic E-state index is -0.324. The van der Waals surface area contributed by atoms with Gasteiger partial charge in [-0.1, -0.05) is 0 Å². The van der Waals surface area contributed by atoms with Gasteiger partial charge in [-0.05, 0) is 24.6 Å². The van der Waals surface area contributed by atoms with E-state index in [-0.39, 0.29) is 11.8 Å². The summed E-state index contributed by atoms with van der Waals surface area (Å²) < 4.78 is 1.94. The van der Waals surface area contributed by atoms with E-state index in [0.717, 1.165) is 16.9 Å². The van der Waals surface area contributed by atoms with Gasteiger partial charge in [0.05, 0.1) is 28.5 Å². The van der Waals surface area contributed by atoms with Crippen molar-refractivity contribution in [2.24, 2.45) is 5.73 Å². The number of amides is 1. The molecule has 1 heterocycles. The number of carbonyl (C=O) groups is 1. The number of imidazole rings is 1. The van der Waals surface area contributed by atoms with Gasteiger partial charge in [0.15, 0.2) is 0 Å². The molecule has 5 nitrogen and oxygen atoms in total. The van der Waals surface area contributed by atoms with Crippen LogP contribution in [0.2, 0.25) is 0 Å². The van der Waals surface area contributed by atoms with Gasteiger partial charge in [-0.2, -0.15) is 5.26 Å². The molecule has 2 rings (SSSR count). The molecule has 0 saturated carbocycles. The summed E-state index contributed by atoms with van der Waals surface area (Å²) >= 11 is 5.88. The van der Waals surface area contributed by atoms with Gasteiger partial charge >= 0.3 is 0 Å². The van der Waals surface area contributed by atoms with E-state index in [1.54, 1.807) is 18.2 Å². The SMILES string of the molecule is N#Cc1ccc2nc(CCl)n(CCCC(N)=O)c2c1. The zero-order valence-corrected chi connectivity index (χ0v) is 11.0. The first-order valence-electron chi connectivity index (χ1n) is 5.89. The summed E-state index contributed by atoms with van der Waals surface area (Å²) in [5, 5.41) is 8.93. The number of nitrogens with two attached hydrogens (primary N) is 1. The summed E-state index contributed by atoms with van der Waals surface area (Å²) in [6.07, 6.45) is 0.945. The molecule has 0 unspecified atom stereocenters. The number of hydrogen-bond acceptors (Lipinski definition) is 3. The lowest BCUT2D eigenvalue weighted by molar-refractivity contribution is -0.118. The van der Waals surface area contributed by atoms with Gasteiger partial charge in [0, 0.05) is 13.0 Å². The maximum atomic E-state index is 10.8. The van der Waals surface area contributed by atoms with Gasteiger partial charge in [-0.25, -0.2) is 4.98 Å². The van der Waals surface area contributed by atoms with Gasteiger partial charge in [0.1, 0.15) is 5.82 Å². The number of halogens is 1. The third kappa shape index (κ3) is 2.85. The van der Waals surface area contributed by atoms with Crippen molar-refractivity contribution >= 4 is 28.5 Å². The zero-order chi connectivity index (χ0) is 13.8. The second-order valence-corrected chi connectivity index (χ2v) is 4.47. The van der Waals surface area contributed by atoms with Crippen LogP contribution < -0.4 is 5.73 Å². The molecule has 0 saturated heterocycles. The van der Waals surface area contributed by atoms with E-state index in [1.807, 2.05) is 4.57 Å². The minimum Gasteiger partial charge on any atom is -0.370 e. The van der Waals surface area contributed by atoms with Crippen molar-refractivity contribution < 1.29 is 4.79 Å². The van der Waals surface area contributed by atoms with E-state index in [0.29, 0.717) is 24.9 Å². The lowest BCUT2D eigenvalue weighted by Crippen LogP contribution is -2.12. The zero-order valence-electron chi connectivity index (χ0n) is 10.3. The van der Waals surface area contributed by atoms with Gasteiger partial charge in [-0.3, -0.25) is 4.79 Å². The number of nitriles is 1. The Morgan fingerprint density at radius 3 is 2.95 bits per heavy atom. The van der Waals surface area contributed by atoms with Crippen molar-refractivity contribution in [3.05, 3.63) is 29.6 Å². The first kappa shape index (κ1) is 13.4. The van der Waals surface area contributed by atoms with Crippen molar-refractivity contribution in [1.29, 1.82) is 5.26 Å². The van der Waals surface area contributed by atoms with Crippen molar-refractivity contribution in [2.45, 2.75) is 25.3 Å². The van der Waals surface area contributed by atoms with Gasteiger partial charge in [-0.15, -0.1) is 11.6 Å². The average molecular weight is 277 g/mol. The minimum absolute atomic E-state index is 0.285. The number of nitrogens with zero attached hydrogens (tertiary/aromatic N) is 3. The molecule has 6 heteroatoms. The van der Waals surface area contributed by atoms with Crippen LogP contribution in [0.25, 0.3) is 11.0 Å². The van der Waals surface area contributed by atoms with Crippen LogP contribution in [0.1, 0.15) is 24.2 Å². The number of hydrogen-bond donors (Lipinski definition) is 1. The Labute approximate surface area is 115 Å². The van der Waals surface area contributed by atoms with Gasteiger partial charge in [0.2, 0.25) is 5.91 Å². The van der Waals surface area contributed by atoms with Crippen LogP contribution >= 0.6 is 11.6 Å². The number of primary amides is 1. The Hall–Kier alpha value is -2.06. The van der Waals surface area contributed by atoms with Gasteiger partial charge in [0.25, 0.3) is 0 Å². The topological polar surface area (TPSA) is 84.7 Å². The summed E-state index contributed by atoms with van der Waals surface area (Å²) in [6.45, 7) is 0.608. The predicted molar refractivity (Wildman–Crippen MR) is 72.4 cm³/mol. The van der Waals surface area contributed by atoms with Crippen molar-refractivity contribution in [1.82, 2.24) is 9.55 Å². The van der Waals surface area contributed by atoms with Crippen LogP contribution in [0.4, 0.5) is 0 Å². The lowest BCUT2D eigenvalue weighted by atomic mass is 10.2. The van der Waals surface area contributed by atoms with Crippen molar-refractivity contribution in [3.8, 4) is 6.07 Å². The number of carbonyl (C=O) groups excluding carboxylic acids is 1. The highest BCUT2D eigenvalue weighted by Crippen LogP contribution is 2.19. The van der Waals surface area contributed by atoms with Crippen LogP contribution in [0, 0.1) is 11.3 Å². The van der Waals surface area contributed by atoms with E-state index in [2.05, 4.69) is 11.1 Å². The molecule has 1 aromatic heterocycles. The Bertz CT molecular complexity index is 656. The third-order valence-corrected chi connectivity index (χ3v) is 3.12. The summed E-state index contributed by atoms with van der Waals surface area (Å²) in [6, 6.07) is 7.40. The molecule has 19 heavy (non-hydrogen) atoms. The van der Waals surface area contributed by atoms with Crippen LogP contribution in [-0.4, -0.2) is 15.5 Å². The predicted octanol–water partition coefficient (Wildman–Crippen LogP) is 1.91. The fraction of sp³-hybridized carbons (Fsp3) is 0.308. The normalized spacial score (nSPS) is 10.5. The number of alkyl halides is 1. The summed E-state index contributed by atoms with van der Waals surface area (Å²) in [4.78, 5) is 15.2. The number of benzene rings is 1. The molecule has 1 aromatic carbocycles. The molecule has 0 spiro atoms. The average Bonchev–Trinajstić information content (AvgIpc) is 2.75. The van der Waals surface area contributed by atoms with E-state index in [9.17, 15) is 4.79 Å². The quantitative estimate of drug-likeness (QED) is 0.847. The fourth-order valence-electron chi connectivity index (χ4n) is 2.01. The van der Waals surface area contributed by atoms with E-state index < -0.39 is 0 Å². The second-order valence-electron chi connectivity index (χ2n) is 4.20. The summed E-state index contributed by atoms with van der Waals surface area (Å²) in [5.74, 6) is 0.693. The number of aryl methyl sites for hydroxylation is 1. The fourth-order valence-corrected chi connectivity index (χ4v) is 2.21. The van der Waals surface area contributed by atoms with E-state index in [4.69, 9.17) is 22.6 Å². The largest absolute Gasteiger partial charge is 0.370 e. The number of fused-ring (bicyclic) bond motifs is 1. The maximum Gasteiger partial charge on any atom is 0.217 e. The molecular weight excluding hydrogens is 264 g/mol. The Balaban J connectivity index is 2.38. The highest BCUT2D eigenvalue weighted by Gasteiger charge is 2.10. The van der Waals surface area contributed by atoms with Crippen LogP contribution in [0.5, 0.6) is 0 Å². The molecular formula is C13H13ClN4O. The molecule has 0 fully saturated rings. The van der Waals surface area contributed by atoms with Crippen molar-refractivity contribution in [2.75, 3.05) is 0 Å². The Kier molecular flexibility index (Phi) is 4.03. The maximum absolute atomic E-state index is 10.8. The highest BCUT2D eigenvalue weighted by molar-refractivity contribution is 6.16. The van der Waals surface area contributed by atoms with Crippen molar-refractivity contribution in [3.63, 3.8) is 0 Å². The Morgan fingerprint density at radius 2 is 2.32 bits per heavy atom. The lowest BCUT2D eigenvalue weighted by Gasteiger charge is -2.06. The molecule has 0 aliphatic carbocycles. The molecule has 0 radical (unpaired) electrons. The molecule has 0 aliphatic heterocycles. The monoisotopic (exact) mass is 276 g/mol. The Morgan fingerprint density at radius 1 is 1.53 bits per heavy atom. The molecule has 2 N–H and O–H groups in total. The molecule has 1 amide bonds. The molecule has 0 bridgehead atoms. The third-order valence-electron chi connectivity index (χ3n) is 2.88. The highest BCUT2D eigenvalue weighted by atomic mass is 35.5. The molecule has 2 aromatic rings. The van der Waals surface area contributed by atoms with Crippen LogP contribution in [0.15, 0.2) is 18.2 Å². The summed E-state index contributed by atoms with van der Waals surface area (Å²) in [7, 11) is 0. The molecule has 0 aliphatic rings. The van der Waals surface area contributed by atoms with Crippen LogP contribution in [-0.2, 0) is 17.2 Å². The molecule has 0 atom stereocenters.